The van der Waals surface area contributed by atoms with Crippen molar-refractivity contribution in [2.24, 2.45) is 4.99 Å². The first-order valence-electron chi connectivity index (χ1n) is 9.66. The lowest BCUT2D eigenvalue weighted by molar-refractivity contribution is 0.392. The maximum Gasteiger partial charge on any atom is 0.265 e. The van der Waals surface area contributed by atoms with Gasteiger partial charge in [-0.25, -0.2) is 16.8 Å². The standard InChI is InChI=1S/C20H25N3O6S2/c1-28-16-10-11-18(29-2)19(14-16)31(26,27)22-15-7-6-8-17(13-15)30(24,25)23-20-9-4-3-5-12-21-20/h6-8,10-11,13-14,22H,3-5,9,12H2,1-2H3,(H,21,23). The van der Waals surface area contributed by atoms with E-state index < -0.39 is 20.0 Å². The van der Waals surface area contributed by atoms with Gasteiger partial charge in [0.1, 0.15) is 22.2 Å². The van der Waals surface area contributed by atoms with Gasteiger partial charge in [0.2, 0.25) is 0 Å². The molecule has 0 saturated heterocycles. The van der Waals surface area contributed by atoms with Crippen LogP contribution in [0.5, 0.6) is 11.5 Å². The Morgan fingerprint density at radius 3 is 2.42 bits per heavy atom. The quantitative estimate of drug-likeness (QED) is 0.645. The summed E-state index contributed by atoms with van der Waals surface area (Å²) < 4.78 is 66.6. The summed E-state index contributed by atoms with van der Waals surface area (Å²) in [6, 6.07) is 9.95. The number of hydrogen-bond donors (Lipinski definition) is 2. The molecule has 0 atom stereocenters. The second kappa shape index (κ2) is 9.56. The van der Waals surface area contributed by atoms with Crippen LogP contribution in [0.2, 0.25) is 0 Å². The van der Waals surface area contributed by atoms with Crippen molar-refractivity contribution < 1.29 is 26.3 Å². The fraction of sp³-hybridized carbons (Fsp3) is 0.350. The van der Waals surface area contributed by atoms with E-state index >= 15 is 0 Å². The molecule has 1 heterocycles. The van der Waals surface area contributed by atoms with Gasteiger partial charge in [0.15, 0.2) is 0 Å². The average molecular weight is 468 g/mol. The molecule has 0 unspecified atom stereocenters. The number of rotatable bonds is 7. The minimum atomic E-state index is -4.08. The SMILES string of the molecule is COc1ccc(OC)c(S(=O)(=O)Nc2cccc(S(=O)(=O)NC3=NCCCCC3)c2)c1. The van der Waals surface area contributed by atoms with E-state index in [1.54, 1.807) is 6.07 Å². The molecule has 2 aromatic rings. The number of aliphatic imine (C=N–C) groups is 1. The first kappa shape index (κ1) is 22.9. The molecule has 3 rings (SSSR count). The van der Waals surface area contributed by atoms with Crippen LogP contribution in [0.4, 0.5) is 5.69 Å². The molecule has 0 fully saturated rings. The predicted octanol–water partition coefficient (Wildman–Crippen LogP) is 2.76. The molecule has 168 valence electrons. The van der Waals surface area contributed by atoms with Crippen LogP contribution in [-0.2, 0) is 20.0 Å². The Bertz CT molecular complexity index is 1180. The fourth-order valence-electron chi connectivity index (χ4n) is 3.10. The number of anilines is 1. The lowest BCUT2D eigenvalue weighted by Crippen LogP contribution is -2.30. The Labute approximate surface area is 182 Å². The number of ether oxygens (including phenoxy) is 2. The van der Waals surface area contributed by atoms with Crippen molar-refractivity contribution in [1.82, 2.24) is 4.72 Å². The van der Waals surface area contributed by atoms with Gasteiger partial charge >= 0.3 is 0 Å². The topological polar surface area (TPSA) is 123 Å². The monoisotopic (exact) mass is 467 g/mol. The van der Waals surface area contributed by atoms with Gasteiger partial charge in [-0.2, -0.15) is 0 Å². The van der Waals surface area contributed by atoms with Crippen molar-refractivity contribution in [3.05, 3.63) is 42.5 Å². The molecular weight excluding hydrogens is 442 g/mol. The molecule has 0 spiro atoms. The molecule has 2 N–H and O–H groups in total. The summed E-state index contributed by atoms with van der Waals surface area (Å²) in [5.74, 6) is 0.889. The number of hydrogen-bond acceptors (Lipinski definition) is 7. The zero-order valence-electron chi connectivity index (χ0n) is 17.3. The number of benzene rings is 2. The van der Waals surface area contributed by atoms with Crippen LogP contribution in [0.1, 0.15) is 25.7 Å². The molecule has 9 nitrogen and oxygen atoms in total. The molecule has 0 aromatic heterocycles. The van der Waals surface area contributed by atoms with E-state index in [-0.39, 0.29) is 21.2 Å². The average Bonchev–Trinajstić information content (AvgIpc) is 3.01. The Hall–Kier alpha value is -2.79. The highest BCUT2D eigenvalue weighted by Gasteiger charge is 2.22. The van der Waals surface area contributed by atoms with Gasteiger partial charge in [0, 0.05) is 19.0 Å². The Balaban J connectivity index is 1.87. The van der Waals surface area contributed by atoms with Crippen LogP contribution in [0.25, 0.3) is 0 Å². The van der Waals surface area contributed by atoms with E-state index in [4.69, 9.17) is 9.47 Å². The predicted molar refractivity (Wildman–Crippen MR) is 118 cm³/mol. The van der Waals surface area contributed by atoms with E-state index in [9.17, 15) is 16.8 Å². The second-order valence-corrected chi connectivity index (χ2v) is 10.2. The van der Waals surface area contributed by atoms with Gasteiger partial charge in [-0.05, 0) is 43.2 Å². The molecule has 0 saturated carbocycles. The van der Waals surface area contributed by atoms with Crippen molar-refractivity contribution in [3.8, 4) is 11.5 Å². The maximum atomic E-state index is 12.9. The zero-order chi connectivity index (χ0) is 22.5. The molecule has 0 radical (unpaired) electrons. The van der Waals surface area contributed by atoms with Gasteiger partial charge in [-0.1, -0.05) is 12.5 Å². The third-order valence-corrected chi connectivity index (χ3v) is 7.46. The summed E-state index contributed by atoms with van der Waals surface area (Å²) in [5.41, 5.74) is 0.0931. The highest BCUT2D eigenvalue weighted by molar-refractivity contribution is 7.93. The van der Waals surface area contributed by atoms with Crippen LogP contribution < -0.4 is 18.9 Å². The van der Waals surface area contributed by atoms with Crippen LogP contribution in [0.15, 0.2) is 57.2 Å². The van der Waals surface area contributed by atoms with Crippen molar-refractivity contribution in [2.45, 2.75) is 35.5 Å². The third kappa shape index (κ3) is 5.67. The second-order valence-electron chi connectivity index (χ2n) is 6.89. The Morgan fingerprint density at radius 1 is 0.871 bits per heavy atom. The molecule has 0 bridgehead atoms. The van der Waals surface area contributed by atoms with Crippen molar-refractivity contribution in [3.63, 3.8) is 0 Å². The van der Waals surface area contributed by atoms with E-state index in [1.807, 2.05) is 0 Å². The minimum Gasteiger partial charge on any atom is -0.497 e. The first-order valence-corrected chi connectivity index (χ1v) is 12.6. The normalized spacial score (nSPS) is 14.8. The van der Waals surface area contributed by atoms with Gasteiger partial charge in [-0.15, -0.1) is 0 Å². The molecule has 2 aromatic carbocycles. The fourth-order valence-corrected chi connectivity index (χ4v) is 5.47. The maximum absolute atomic E-state index is 12.9. The van der Waals surface area contributed by atoms with E-state index in [2.05, 4.69) is 14.4 Å². The summed E-state index contributed by atoms with van der Waals surface area (Å²) in [7, 11) is -5.20. The Morgan fingerprint density at radius 2 is 1.68 bits per heavy atom. The van der Waals surface area contributed by atoms with Crippen LogP contribution in [-0.4, -0.2) is 43.4 Å². The summed E-state index contributed by atoms with van der Waals surface area (Å²) in [4.78, 5) is 4.08. The van der Waals surface area contributed by atoms with Crippen LogP contribution in [0, 0.1) is 0 Å². The van der Waals surface area contributed by atoms with Crippen molar-refractivity contribution in [1.29, 1.82) is 0 Å². The highest BCUT2D eigenvalue weighted by Crippen LogP contribution is 2.30. The number of nitrogens with zero attached hydrogens (tertiary/aromatic N) is 1. The first-order chi connectivity index (χ1) is 14.7. The van der Waals surface area contributed by atoms with Crippen molar-refractivity contribution >= 4 is 31.6 Å². The smallest absolute Gasteiger partial charge is 0.265 e. The van der Waals surface area contributed by atoms with Gasteiger partial charge < -0.3 is 9.47 Å². The van der Waals surface area contributed by atoms with E-state index in [1.165, 1.54) is 50.6 Å². The molecule has 0 amide bonds. The van der Waals surface area contributed by atoms with Crippen molar-refractivity contribution in [2.75, 3.05) is 25.5 Å². The molecule has 1 aliphatic heterocycles. The molecule has 0 aliphatic carbocycles. The summed E-state index contributed by atoms with van der Waals surface area (Å²) in [6.45, 7) is 0.583. The Kier molecular flexibility index (Phi) is 7.06. The van der Waals surface area contributed by atoms with Gasteiger partial charge in [-0.3, -0.25) is 14.4 Å². The van der Waals surface area contributed by atoms with Crippen LogP contribution in [0.3, 0.4) is 0 Å². The van der Waals surface area contributed by atoms with E-state index in [0.29, 0.717) is 24.6 Å². The number of nitrogens with one attached hydrogen (secondary N) is 2. The number of methoxy groups -OCH3 is 2. The molecule has 31 heavy (non-hydrogen) atoms. The highest BCUT2D eigenvalue weighted by atomic mass is 32.2. The van der Waals surface area contributed by atoms with Gasteiger partial charge in [0.25, 0.3) is 20.0 Å². The lowest BCUT2D eigenvalue weighted by Gasteiger charge is -2.14. The van der Waals surface area contributed by atoms with E-state index in [0.717, 1.165) is 19.3 Å². The largest absolute Gasteiger partial charge is 0.497 e. The summed E-state index contributed by atoms with van der Waals surface area (Å²) >= 11 is 0. The molecular formula is C20H25N3O6S2. The summed E-state index contributed by atoms with van der Waals surface area (Å²) in [5, 5.41) is 0. The molecule has 1 aliphatic rings. The van der Waals surface area contributed by atoms with Crippen LogP contribution >= 0.6 is 0 Å². The van der Waals surface area contributed by atoms with Gasteiger partial charge in [0.05, 0.1) is 24.8 Å². The molecule has 11 heteroatoms. The number of amidine groups is 1. The lowest BCUT2D eigenvalue weighted by atomic mass is 10.2. The zero-order valence-corrected chi connectivity index (χ0v) is 18.9. The third-order valence-electron chi connectivity index (χ3n) is 4.68. The minimum absolute atomic E-state index is 0.0720. The summed E-state index contributed by atoms with van der Waals surface area (Å²) in [6.07, 6.45) is 3.35. The number of sulfonamides is 2.